The summed E-state index contributed by atoms with van der Waals surface area (Å²) in [6, 6.07) is 21.0. The monoisotopic (exact) mass is 234 g/mol. The Morgan fingerprint density at radius 1 is 1.00 bits per heavy atom. The lowest BCUT2D eigenvalue weighted by molar-refractivity contribution is 0.415. The fraction of sp³-hybridized carbons (Fsp3) is 0.0625. The number of hydrogen-bond acceptors (Lipinski definition) is 2. The van der Waals surface area contributed by atoms with Crippen molar-refractivity contribution in [1.82, 2.24) is 4.98 Å². The number of aromatic nitrogens is 1. The molecule has 3 aromatic rings. The molecule has 2 heteroatoms. The van der Waals surface area contributed by atoms with Crippen LogP contribution in [0.25, 0.3) is 22.2 Å². The Hall–Kier alpha value is -2.35. The van der Waals surface area contributed by atoms with Crippen molar-refractivity contribution in [3.63, 3.8) is 0 Å². The first kappa shape index (κ1) is 10.8. The predicted octanol–water partition coefficient (Wildman–Crippen LogP) is 3.71. The number of nitrogens with zero attached hydrogens (tertiary/aromatic N) is 1. The normalized spacial score (nSPS) is 10.5. The van der Waals surface area contributed by atoms with Crippen LogP contribution in [0.5, 0.6) is 5.75 Å². The van der Waals surface area contributed by atoms with E-state index in [2.05, 4.69) is 23.2 Å². The Morgan fingerprint density at radius 3 is 2.78 bits per heavy atom. The molecule has 2 aromatic carbocycles. The minimum atomic E-state index is 0.722. The molecular weight excluding hydrogens is 222 g/mol. The zero-order valence-electron chi connectivity index (χ0n) is 10.1. The molecule has 0 amide bonds. The molecule has 0 aliphatic rings. The van der Waals surface area contributed by atoms with Crippen molar-refractivity contribution < 1.29 is 4.74 Å². The number of ether oxygens (including phenoxy) is 1. The van der Waals surface area contributed by atoms with Crippen molar-refractivity contribution in [1.29, 1.82) is 0 Å². The van der Waals surface area contributed by atoms with Gasteiger partial charge in [0.05, 0.1) is 18.3 Å². The topological polar surface area (TPSA) is 22.1 Å². The molecule has 0 fully saturated rings. The number of methoxy groups -OCH3 is 1. The van der Waals surface area contributed by atoms with Gasteiger partial charge in [0, 0.05) is 17.0 Å². The molecule has 0 saturated heterocycles. The minimum absolute atomic E-state index is 0.722. The van der Waals surface area contributed by atoms with Gasteiger partial charge < -0.3 is 4.74 Å². The molecule has 0 aliphatic heterocycles. The second-order valence-electron chi connectivity index (χ2n) is 4.01. The van der Waals surface area contributed by atoms with E-state index in [1.807, 2.05) is 42.5 Å². The Kier molecular flexibility index (Phi) is 2.69. The molecule has 0 aliphatic carbocycles. The largest absolute Gasteiger partial charge is 0.495 e. The standard InChI is InChI=1S/C16H12NO/c1-18-16-9-5-3-7-13(16)15-11-10-12-6-2-4-8-14(12)17-15/h2-8,10-11H,1H3. The van der Waals surface area contributed by atoms with Crippen LogP contribution in [0.15, 0.2) is 54.6 Å². The number of hydrogen-bond donors (Lipinski definition) is 0. The first-order valence-electron chi connectivity index (χ1n) is 5.79. The van der Waals surface area contributed by atoms with Gasteiger partial charge in [0.2, 0.25) is 0 Å². The summed E-state index contributed by atoms with van der Waals surface area (Å²) < 4.78 is 5.32. The van der Waals surface area contributed by atoms with Gasteiger partial charge in [0.25, 0.3) is 0 Å². The molecule has 0 spiro atoms. The Bertz CT molecular complexity index is 691. The first-order valence-corrected chi connectivity index (χ1v) is 5.79. The zero-order chi connectivity index (χ0) is 12.4. The second kappa shape index (κ2) is 4.49. The highest BCUT2D eigenvalue weighted by Crippen LogP contribution is 2.28. The second-order valence-corrected chi connectivity index (χ2v) is 4.01. The smallest absolute Gasteiger partial charge is 0.136 e. The molecule has 0 N–H and O–H groups in total. The van der Waals surface area contributed by atoms with Crippen LogP contribution < -0.4 is 4.74 Å². The van der Waals surface area contributed by atoms with Gasteiger partial charge in [-0.2, -0.15) is 0 Å². The average Bonchev–Trinajstić information content (AvgIpc) is 2.46. The molecule has 1 radical (unpaired) electrons. The number of benzene rings is 2. The Labute approximate surface area is 106 Å². The van der Waals surface area contributed by atoms with E-state index in [-0.39, 0.29) is 0 Å². The number of para-hydroxylation sites is 2. The lowest BCUT2D eigenvalue weighted by Crippen LogP contribution is -1.90. The highest BCUT2D eigenvalue weighted by molar-refractivity contribution is 5.82. The van der Waals surface area contributed by atoms with Crippen LogP contribution in [0, 0.1) is 6.07 Å². The summed E-state index contributed by atoms with van der Waals surface area (Å²) in [7, 11) is 1.65. The molecule has 3 rings (SSSR count). The number of rotatable bonds is 2. The summed E-state index contributed by atoms with van der Waals surface area (Å²) in [4.78, 5) is 4.65. The van der Waals surface area contributed by atoms with Crippen LogP contribution in [0.3, 0.4) is 0 Å². The molecule has 0 unspecified atom stereocenters. The molecule has 1 heterocycles. The summed E-state index contributed by atoms with van der Waals surface area (Å²) in [5.41, 5.74) is 2.86. The van der Waals surface area contributed by atoms with E-state index in [9.17, 15) is 0 Å². The number of pyridine rings is 1. The van der Waals surface area contributed by atoms with Crippen LogP contribution in [0.2, 0.25) is 0 Å². The van der Waals surface area contributed by atoms with Crippen molar-refractivity contribution >= 4 is 10.9 Å². The van der Waals surface area contributed by atoms with Gasteiger partial charge in [-0.3, -0.25) is 0 Å². The minimum Gasteiger partial charge on any atom is -0.495 e. The van der Waals surface area contributed by atoms with Crippen molar-refractivity contribution in [2.45, 2.75) is 0 Å². The van der Waals surface area contributed by atoms with Gasteiger partial charge in [-0.25, -0.2) is 4.98 Å². The van der Waals surface area contributed by atoms with E-state index in [0.717, 1.165) is 27.9 Å². The summed E-state index contributed by atoms with van der Waals surface area (Å²) in [6.07, 6.45) is 0. The molecule has 0 atom stereocenters. The van der Waals surface area contributed by atoms with E-state index in [1.165, 1.54) is 0 Å². The summed E-state index contributed by atoms with van der Waals surface area (Å²) >= 11 is 0. The third-order valence-corrected chi connectivity index (χ3v) is 2.90. The molecule has 2 nitrogen and oxygen atoms in total. The van der Waals surface area contributed by atoms with E-state index in [0.29, 0.717) is 0 Å². The van der Waals surface area contributed by atoms with Crippen molar-refractivity contribution in [2.24, 2.45) is 0 Å². The van der Waals surface area contributed by atoms with Crippen molar-refractivity contribution in [2.75, 3.05) is 7.11 Å². The third-order valence-electron chi connectivity index (χ3n) is 2.90. The average molecular weight is 234 g/mol. The van der Waals surface area contributed by atoms with Crippen LogP contribution in [-0.4, -0.2) is 12.1 Å². The van der Waals surface area contributed by atoms with Crippen LogP contribution in [0.4, 0.5) is 0 Å². The predicted molar refractivity (Wildman–Crippen MR) is 72.6 cm³/mol. The quantitative estimate of drug-likeness (QED) is 0.674. The van der Waals surface area contributed by atoms with Crippen LogP contribution in [-0.2, 0) is 0 Å². The molecule has 18 heavy (non-hydrogen) atoms. The molecule has 1 aromatic heterocycles. The zero-order valence-corrected chi connectivity index (χ0v) is 10.1. The summed E-state index contributed by atoms with van der Waals surface area (Å²) in [6.45, 7) is 0. The van der Waals surface area contributed by atoms with Gasteiger partial charge in [0.1, 0.15) is 5.75 Å². The first-order chi connectivity index (χ1) is 8.88. The highest BCUT2D eigenvalue weighted by atomic mass is 16.5. The maximum Gasteiger partial charge on any atom is 0.136 e. The fourth-order valence-electron chi connectivity index (χ4n) is 2.01. The van der Waals surface area contributed by atoms with Crippen molar-refractivity contribution in [3.05, 3.63) is 60.7 Å². The van der Waals surface area contributed by atoms with E-state index < -0.39 is 0 Å². The maximum atomic E-state index is 5.32. The van der Waals surface area contributed by atoms with Crippen molar-refractivity contribution in [3.8, 4) is 17.0 Å². The lowest BCUT2D eigenvalue weighted by Gasteiger charge is -2.07. The Balaban J connectivity index is 2.19. The highest BCUT2D eigenvalue weighted by Gasteiger charge is 2.06. The van der Waals surface area contributed by atoms with Gasteiger partial charge >= 0.3 is 0 Å². The van der Waals surface area contributed by atoms with E-state index in [4.69, 9.17) is 4.74 Å². The van der Waals surface area contributed by atoms with Gasteiger partial charge in [-0.05, 0) is 18.2 Å². The Morgan fingerprint density at radius 2 is 1.89 bits per heavy atom. The van der Waals surface area contributed by atoms with Gasteiger partial charge in [0.15, 0.2) is 0 Å². The SMILES string of the molecule is COc1[c]cccc1-c1ccc2ccccc2n1. The summed E-state index contributed by atoms with van der Waals surface area (Å²) in [5, 5.41) is 1.14. The van der Waals surface area contributed by atoms with E-state index >= 15 is 0 Å². The molecule has 87 valence electrons. The molecule has 0 bridgehead atoms. The van der Waals surface area contributed by atoms with E-state index in [1.54, 1.807) is 7.11 Å². The van der Waals surface area contributed by atoms with Crippen LogP contribution >= 0.6 is 0 Å². The fourth-order valence-corrected chi connectivity index (χ4v) is 2.01. The summed E-state index contributed by atoms with van der Waals surface area (Å²) in [5.74, 6) is 0.722. The maximum absolute atomic E-state index is 5.32. The molecule has 0 saturated carbocycles. The van der Waals surface area contributed by atoms with Crippen LogP contribution in [0.1, 0.15) is 0 Å². The van der Waals surface area contributed by atoms with Gasteiger partial charge in [-0.15, -0.1) is 0 Å². The lowest BCUT2D eigenvalue weighted by atomic mass is 10.1. The number of fused-ring (bicyclic) bond motifs is 1. The molecular formula is C16H12NO. The van der Waals surface area contributed by atoms with Gasteiger partial charge in [-0.1, -0.05) is 36.4 Å². The third kappa shape index (κ3) is 1.82.